The Morgan fingerprint density at radius 3 is 2.18 bits per heavy atom. The summed E-state index contributed by atoms with van der Waals surface area (Å²) in [4.78, 5) is 0. The van der Waals surface area contributed by atoms with Crippen molar-refractivity contribution in [3.63, 3.8) is 0 Å². The highest BCUT2D eigenvalue weighted by Gasteiger charge is 2.16. The van der Waals surface area contributed by atoms with E-state index in [-0.39, 0.29) is 11.7 Å². The summed E-state index contributed by atoms with van der Waals surface area (Å²) >= 11 is 0. The van der Waals surface area contributed by atoms with Crippen LogP contribution >= 0.6 is 0 Å². The van der Waals surface area contributed by atoms with Crippen molar-refractivity contribution in [1.29, 1.82) is 0 Å². The van der Waals surface area contributed by atoms with Gasteiger partial charge < -0.3 is 15.2 Å². The fraction of sp³-hybridized carbons (Fsp3) is 1.00. The fourth-order valence-electron chi connectivity index (χ4n) is 0.836. The van der Waals surface area contributed by atoms with Gasteiger partial charge in [0.2, 0.25) is 0 Å². The van der Waals surface area contributed by atoms with Crippen LogP contribution in [0.1, 0.15) is 20.8 Å². The van der Waals surface area contributed by atoms with Gasteiger partial charge in [-0.3, -0.25) is 0 Å². The van der Waals surface area contributed by atoms with Crippen LogP contribution in [0.3, 0.4) is 0 Å². The second-order valence-corrected chi connectivity index (χ2v) is 3.54. The van der Waals surface area contributed by atoms with Crippen molar-refractivity contribution < 1.29 is 9.47 Å². The van der Waals surface area contributed by atoms with E-state index in [9.17, 15) is 0 Å². The van der Waals surface area contributed by atoms with Crippen LogP contribution in [-0.2, 0) is 9.47 Å². The Morgan fingerprint density at radius 2 is 1.91 bits per heavy atom. The van der Waals surface area contributed by atoms with Crippen LogP contribution < -0.4 is 5.73 Å². The van der Waals surface area contributed by atoms with E-state index in [1.165, 1.54) is 0 Å². The molecular weight excluding hydrogens is 142 g/mol. The summed E-state index contributed by atoms with van der Waals surface area (Å²) in [6, 6.07) is 0. The SMILES string of the molecule is COC[C@@H](CN)OC(C)(C)C. The summed E-state index contributed by atoms with van der Waals surface area (Å²) in [5.74, 6) is 0. The minimum Gasteiger partial charge on any atom is -0.382 e. The zero-order valence-electron chi connectivity index (χ0n) is 7.89. The third-order valence-corrected chi connectivity index (χ3v) is 1.14. The van der Waals surface area contributed by atoms with Gasteiger partial charge in [-0.05, 0) is 20.8 Å². The number of nitrogens with two attached hydrogens (primary N) is 1. The summed E-state index contributed by atoms with van der Waals surface area (Å²) in [6.45, 7) is 7.08. The maximum absolute atomic E-state index is 5.58. The van der Waals surface area contributed by atoms with Crippen LogP contribution in [0.5, 0.6) is 0 Å². The lowest BCUT2D eigenvalue weighted by molar-refractivity contribution is -0.0815. The summed E-state index contributed by atoms with van der Waals surface area (Å²) in [6.07, 6.45) is 0.0139. The van der Waals surface area contributed by atoms with Gasteiger partial charge in [-0.15, -0.1) is 0 Å². The van der Waals surface area contributed by atoms with Crippen LogP contribution in [0.2, 0.25) is 0 Å². The second kappa shape index (κ2) is 4.70. The molecule has 0 saturated carbocycles. The smallest absolute Gasteiger partial charge is 0.0937 e. The molecular formula is C8H19NO2. The first-order valence-electron chi connectivity index (χ1n) is 3.86. The van der Waals surface area contributed by atoms with Crippen LogP contribution in [0, 0.1) is 0 Å². The molecule has 0 bridgehead atoms. The van der Waals surface area contributed by atoms with Crippen molar-refractivity contribution in [2.45, 2.75) is 32.5 Å². The first kappa shape index (κ1) is 10.9. The fourth-order valence-corrected chi connectivity index (χ4v) is 0.836. The highest BCUT2D eigenvalue weighted by Crippen LogP contribution is 2.09. The monoisotopic (exact) mass is 161 g/mol. The lowest BCUT2D eigenvalue weighted by Gasteiger charge is -2.26. The highest BCUT2D eigenvalue weighted by atomic mass is 16.5. The Balaban J connectivity index is 3.68. The van der Waals surface area contributed by atoms with E-state index in [0.29, 0.717) is 13.2 Å². The van der Waals surface area contributed by atoms with Gasteiger partial charge in [0.15, 0.2) is 0 Å². The van der Waals surface area contributed by atoms with Crippen LogP contribution in [0.4, 0.5) is 0 Å². The molecule has 11 heavy (non-hydrogen) atoms. The zero-order valence-corrected chi connectivity index (χ0v) is 7.89. The van der Waals surface area contributed by atoms with Crippen LogP contribution in [-0.4, -0.2) is 32.0 Å². The van der Waals surface area contributed by atoms with Gasteiger partial charge in [-0.2, -0.15) is 0 Å². The van der Waals surface area contributed by atoms with E-state index >= 15 is 0 Å². The molecule has 2 N–H and O–H groups in total. The molecule has 0 aliphatic rings. The van der Waals surface area contributed by atoms with Crippen LogP contribution in [0.25, 0.3) is 0 Å². The van der Waals surface area contributed by atoms with Gasteiger partial charge >= 0.3 is 0 Å². The van der Waals surface area contributed by atoms with E-state index in [4.69, 9.17) is 15.2 Å². The van der Waals surface area contributed by atoms with Crippen molar-refractivity contribution in [3.05, 3.63) is 0 Å². The van der Waals surface area contributed by atoms with Crippen molar-refractivity contribution in [2.24, 2.45) is 5.73 Å². The first-order chi connectivity index (χ1) is 4.99. The van der Waals surface area contributed by atoms with Crippen molar-refractivity contribution in [2.75, 3.05) is 20.3 Å². The molecule has 0 aromatic carbocycles. The molecule has 1 atom stereocenters. The summed E-state index contributed by atoms with van der Waals surface area (Å²) < 4.78 is 10.5. The number of ether oxygens (including phenoxy) is 2. The molecule has 0 saturated heterocycles. The third-order valence-electron chi connectivity index (χ3n) is 1.14. The molecule has 0 rings (SSSR count). The number of hydrogen-bond donors (Lipinski definition) is 1. The van der Waals surface area contributed by atoms with Crippen molar-refractivity contribution >= 4 is 0 Å². The van der Waals surface area contributed by atoms with Crippen LogP contribution in [0.15, 0.2) is 0 Å². The van der Waals surface area contributed by atoms with E-state index in [2.05, 4.69) is 0 Å². The van der Waals surface area contributed by atoms with Gasteiger partial charge in [-0.1, -0.05) is 0 Å². The van der Waals surface area contributed by atoms with Gasteiger partial charge in [0.1, 0.15) is 0 Å². The Labute approximate surface area is 68.9 Å². The Kier molecular flexibility index (Phi) is 4.65. The lowest BCUT2D eigenvalue weighted by Crippen LogP contribution is -2.35. The van der Waals surface area contributed by atoms with Crippen molar-refractivity contribution in [3.8, 4) is 0 Å². The van der Waals surface area contributed by atoms with E-state index < -0.39 is 0 Å². The Morgan fingerprint density at radius 1 is 1.36 bits per heavy atom. The number of rotatable bonds is 4. The number of hydrogen-bond acceptors (Lipinski definition) is 3. The predicted molar refractivity (Wildman–Crippen MR) is 45.6 cm³/mol. The minimum atomic E-state index is -0.136. The molecule has 0 aromatic heterocycles. The molecule has 0 unspecified atom stereocenters. The molecule has 0 amide bonds. The predicted octanol–water partition coefficient (Wildman–Crippen LogP) is 0.775. The quantitative estimate of drug-likeness (QED) is 0.662. The topological polar surface area (TPSA) is 44.5 Å². The van der Waals surface area contributed by atoms with Crippen molar-refractivity contribution in [1.82, 2.24) is 0 Å². The molecule has 0 aliphatic heterocycles. The first-order valence-corrected chi connectivity index (χ1v) is 3.86. The minimum absolute atomic E-state index is 0.0139. The molecule has 0 aliphatic carbocycles. The lowest BCUT2D eigenvalue weighted by atomic mass is 10.2. The molecule has 68 valence electrons. The second-order valence-electron chi connectivity index (χ2n) is 3.54. The highest BCUT2D eigenvalue weighted by molar-refractivity contribution is 4.66. The summed E-state index contributed by atoms with van der Waals surface area (Å²) in [5, 5.41) is 0. The van der Waals surface area contributed by atoms with Gasteiger partial charge in [-0.25, -0.2) is 0 Å². The number of methoxy groups -OCH3 is 1. The van der Waals surface area contributed by atoms with E-state index in [1.807, 2.05) is 20.8 Å². The van der Waals surface area contributed by atoms with Gasteiger partial charge in [0, 0.05) is 13.7 Å². The summed E-state index contributed by atoms with van der Waals surface area (Å²) in [5.41, 5.74) is 5.32. The van der Waals surface area contributed by atoms with E-state index in [0.717, 1.165) is 0 Å². The van der Waals surface area contributed by atoms with Gasteiger partial charge in [0.05, 0.1) is 18.3 Å². The maximum atomic E-state index is 5.58. The largest absolute Gasteiger partial charge is 0.382 e. The molecule has 0 aromatic rings. The summed E-state index contributed by atoms with van der Waals surface area (Å²) in [7, 11) is 1.65. The average Bonchev–Trinajstić information content (AvgIpc) is 1.84. The molecule has 3 nitrogen and oxygen atoms in total. The molecule has 0 spiro atoms. The normalized spacial score (nSPS) is 15.0. The third kappa shape index (κ3) is 6.28. The molecule has 0 radical (unpaired) electrons. The average molecular weight is 161 g/mol. The molecule has 3 heteroatoms. The Hall–Kier alpha value is -0.120. The zero-order chi connectivity index (χ0) is 8.91. The van der Waals surface area contributed by atoms with E-state index in [1.54, 1.807) is 7.11 Å². The Bertz CT molecular complexity index is 98.8. The molecule has 0 fully saturated rings. The van der Waals surface area contributed by atoms with Gasteiger partial charge in [0.25, 0.3) is 0 Å². The maximum Gasteiger partial charge on any atom is 0.0937 e. The standard InChI is InChI=1S/C8H19NO2/c1-8(2,3)11-7(5-9)6-10-4/h7H,5-6,9H2,1-4H3/t7-/m1/s1. The molecule has 0 heterocycles.